The van der Waals surface area contributed by atoms with Gasteiger partial charge in [0.05, 0.1) is 0 Å². The first-order chi connectivity index (χ1) is 31.5. The average Bonchev–Trinajstić information content (AvgIpc) is 4.19. The number of benzene rings is 3. The quantitative estimate of drug-likeness (QED) is 0.0972. The second-order valence-corrected chi connectivity index (χ2v) is 23.0. The van der Waals surface area contributed by atoms with E-state index in [0.717, 1.165) is 92.9 Å². The Morgan fingerprint density at radius 2 is 1.36 bits per heavy atom. The summed E-state index contributed by atoms with van der Waals surface area (Å²) in [6, 6.07) is 17.0. The lowest BCUT2D eigenvalue weighted by Crippen LogP contribution is -2.57. The molecule has 8 nitrogen and oxygen atoms in total. The lowest BCUT2D eigenvalue weighted by Gasteiger charge is -2.60. The van der Waals surface area contributed by atoms with Crippen LogP contribution in [-0.2, 0) is 20.7 Å². The number of carbonyl (C=O) groups is 2. The molecule has 0 radical (unpaired) electrons. The Labute approximate surface area is 389 Å². The molecule has 7 saturated carbocycles. The molecule has 3 aromatic rings. The maximum absolute atomic E-state index is 12.2. The van der Waals surface area contributed by atoms with Crippen LogP contribution in [0.2, 0.25) is 0 Å². The number of esters is 1. The number of phenols is 4. The number of aliphatic hydroxyl groups is 1. The van der Waals surface area contributed by atoms with E-state index >= 15 is 0 Å². The molecule has 0 unspecified atom stereocenters. The van der Waals surface area contributed by atoms with Crippen LogP contribution in [0.15, 0.2) is 72.3 Å². The van der Waals surface area contributed by atoms with Gasteiger partial charge in [-0.25, -0.2) is 0 Å². The zero-order chi connectivity index (χ0) is 46.1. The van der Waals surface area contributed by atoms with E-state index < -0.39 is 5.60 Å². The van der Waals surface area contributed by atoms with Gasteiger partial charge in [-0.1, -0.05) is 62.6 Å². The molecule has 0 bridgehead atoms. The number of ether oxygens (including phenoxy) is 1. The summed E-state index contributed by atoms with van der Waals surface area (Å²) in [7, 11) is 0. The molecule has 1 aliphatic heterocycles. The second-order valence-electron chi connectivity index (χ2n) is 23.0. The zero-order valence-electron chi connectivity index (χ0n) is 38.7. The van der Waals surface area contributed by atoms with Gasteiger partial charge in [0.25, 0.3) is 0 Å². The molecule has 1 saturated heterocycles. The maximum Gasteiger partial charge on any atom is 0.306 e. The number of hydrogen-bond acceptors (Lipinski definition) is 8. The highest BCUT2D eigenvalue weighted by Crippen LogP contribution is 2.82. The van der Waals surface area contributed by atoms with Crippen LogP contribution in [0.3, 0.4) is 0 Å². The van der Waals surface area contributed by atoms with Gasteiger partial charge >= 0.3 is 5.97 Å². The summed E-state index contributed by atoms with van der Waals surface area (Å²) in [5.74, 6) is 10.7. The van der Waals surface area contributed by atoms with Crippen molar-refractivity contribution in [2.24, 2.45) is 69.5 Å². The number of phenolic OH excluding ortho intramolecular Hbond substituents is 4. The van der Waals surface area contributed by atoms with E-state index in [0.29, 0.717) is 53.1 Å². The lowest BCUT2D eigenvalue weighted by molar-refractivity contribution is -0.177. The molecule has 0 amide bonds. The van der Waals surface area contributed by atoms with Crippen molar-refractivity contribution in [3.05, 3.63) is 94.6 Å². The van der Waals surface area contributed by atoms with Crippen molar-refractivity contribution in [2.75, 3.05) is 0 Å². The normalized spacial score (nSPS) is 42.4. The molecule has 10 aliphatic rings. The first kappa shape index (κ1) is 43.6. The smallest absolute Gasteiger partial charge is 0.306 e. The molecule has 9 aliphatic carbocycles. The van der Waals surface area contributed by atoms with Gasteiger partial charge in [-0.3, -0.25) is 9.59 Å². The molecule has 1 heterocycles. The molecule has 15 atom stereocenters. The Kier molecular flexibility index (Phi) is 10.1. The summed E-state index contributed by atoms with van der Waals surface area (Å²) in [5.41, 5.74) is 5.17. The molecule has 8 fully saturated rings. The van der Waals surface area contributed by atoms with Crippen molar-refractivity contribution in [2.45, 2.75) is 128 Å². The minimum Gasteiger partial charge on any atom is -0.508 e. The van der Waals surface area contributed by atoms with Gasteiger partial charge in [0.2, 0.25) is 0 Å². The number of aromatic hydroxyl groups is 4. The Hall–Kier alpha value is -5.00. The Morgan fingerprint density at radius 3 is 2.09 bits per heavy atom. The molecule has 346 valence electrons. The number of carbonyl (C=O) groups excluding carboxylic acids is 2. The monoisotopic (exact) mass is 890 g/mol. The first-order valence-corrected chi connectivity index (χ1v) is 25.0. The number of fused-ring (bicyclic) bond motifs is 17. The van der Waals surface area contributed by atoms with Crippen LogP contribution >= 0.6 is 0 Å². The molecule has 8 heteroatoms. The molecular formula is C58H66O8. The van der Waals surface area contributed by atoms with Crippen LogP contribution in [0.1, 0.15) is 132 Å². The number of ketones is 1. The fourth-order valence-electron chi connectivity index (χ4n) is 17.1. The Bertz CT molecular complexity index is 2570. The van der Waals surface area contributed by atoms with Gasteiger partial charge in [0.15, 0.2) is 5.78 Å². The van der Waals surface area contributed by atoms with E-state index in [2.05, 4.69) is 38.8 Å². The zero-order valence-corrected chi connectivity index (χ0v) is 38.7. The number of aryl methyl sites for hydroxylation is 1. The number of rotatable bonds is 2. The molecular weight excluding hydrogens is 825 g/mol. The molecule has 13 rings (SSSR count). The van der Waals surface area contributed by atoms with Crippen LogP contribution in [0, 0.1) is 81.8 Å². The minimum absolute atomic E-state index is 0.0235. The van der Waals surface area contributed by atoms with E-state index in [4.69, 9.17) is 16.3 Å². The highest BCUT2D eigenvalue weighted by molar-refractivity contribution is 5.92. The highest BCUT2D eigenvalue weighted by atomic mass is 16.6. The Balaban J connectivity index is 0.000000113. The molecule has 5 N–H and O–H groups in total. The fraction of sp³-hybridized carbons (Fsp3) is 0.552. The fourth-order valence-corrected chi connectivity index (χ4v) is 17.1. The lowest BCUT2D eigenvalue weighted by atomic mass is 9.45. The second kappa shape index (κ2) is 15.3. The summed E-state index contributed by atoms with van der Waals surface area (Å²) < 4.78 is 6.22. The van der Waals surface area contributed by atoms with Crippen molar-refractivity contribution < 1.29 is 39.9 Å². The van der Waals surface area contributed by atoms with Crippen molar-refractivity contribution in [3.8, 4) is 35.3 Å². The van der Waals surface area contributed by atoms with Crippen molar-refractivity contribution >= 4 is 23.9 Å². The topological polar surface area (TPSA) is 145 Å². The number of allylic oxidation sites excluding steroid dienone is 1. The predicted molar refractivity (Wildman–Crippen MR) is 253 cm³/mol. The summed E-state index contributed by atoms with van der Waals surface area (Å²) in [4.78, 5) is 24.3. The molecule has 66 heavy (non-hydrogen) atoms. The van der Waals surface area contributed by atoms with E-state index in [9.17, 15) is 30.0 Å². The van der Waals surface area contributed by atoms with E-state index in [-0.39, 0.29) is 45.1 Å². The van der Waals surface area contributed by atoms with E-state index in [1.54, 1.807) is 42.5 Å². The van der Waals surface area contributed by atoms with Crippen LogP contribution < -0.4 is 0 Å². The van der Waals surface area contributed by atoms with Crippen molar-refractivity contribution in [3.63, 3.8) is 0 Å². The van der Waals surface area contributed by atoms with Crippen LogP contribution in [0.25, 0.3) is 12.2 Å². The van der Waals surface area contributed by atoms with E-state index in [1.807, 2.05) is 18.2 Å². The minimum atomic E-state index is -0.919. The SMILES string of the molecule is C#C[C@]1(O)CC[C@H]2[C@@H]3CCc4cc(O)ccc4[C@H]3CC[C@@]21C.C[C@]12CCC(=O)C=C1[C@@H]1C[C@@H]1[C@H]1[C@@H]3[C@@H]4C[C@@H]4[C@@]4(CCC(=O)O4)[C@@]3(C)CC[C@@H]12.Oc1ccc(/C=C/c2cc(O)cc(O)c2)cc1. The standard InChI is InChI=1S/C24H30O3.C20H24O2.C14H12O3/c1-22-6-3-12(25)9-17(22)13-10-14(13)20-16(22)4-7-23(2)21(20)15-11-18(15)24(23)8-5-19(26)27-24;1-3-20(22)11-9-18-17-6-4-13-12-14(21)5-7-15(13)16(17)8-10-19(18,20)2;15-12-5-3-10(4-6-12)1-2-11-7-13(16)9-14(17)8-11/h9,13-16,18,20-21H,3-8,10-11H2,1-2H3;1,5,7,12,16-18,21-22H,4,6,8-11H2,2H3;1-9,15-17H/b;;2-1+/t13-,14+,15-,16+,18+,20-,21+,22-,23+,24+;16-,17-,18+,19+,20+;/m11./s1. The van der Waals surface area contributed by atoms with Gasteiger partial charge in [-0.2, -0.15) is 0 Å². The highest BCUT2D eigenvalue weighted by Gasteiger charge is 2.81. The summed E-state index contributed by atoms with van der Waals surface area (Å²) >= 11 is 0. The van der Waals surface area contributed by atoms with Crippen molar-refractivity contribution in [1.29, 1.82) is 0 Å². The van der Waals surface area contributed by atoms with Crippen LogP contribution in [0.5, 0.6) is 23.0 Å². The molecule has 0 aromatic heterocycles. The average molecular weight is 891 g/mol. The summed E-state index contributed by atoms with van der Waals surface area (Å²) in [6.45, 7) is 7.20. The molecule has 3 aromatic carbocycles. The number of hydrogen-bond donors (Lipinski definition) is 5. The van der Waals surface area contributed by atoms with Crippen LogP contribution in [-0.4, -0.2) is 48.5 Å². The third kappa shape index (κ3) is 6.56. The van der Waals surface area contributed by atoms with Gasteiger partial charge in [-0.05, 0) is 200 Å². The van der Waals surface area contributed by atoms with Gasteiger partial charge < -0.3 is 30.3 Å². The van der Waals surface area contributed by atoms with Crippen LogP contribution in [0.4, 0.5) is 0 Å². The van der Waals surface area contributed by atoms with E-state index in [1.165, 1.54) is 48.4 Å². The number of terminal acetylenes is 1. The largest absolute Gasteiger partial charge is 0.508 e. The third-order valence-electron chi connectivity index (χ3n) is 20.3. The van der Waals surface area contributed by atoms with Gasteiger partial charge in [0, 0.05) is 35.7 Å². The molecule has 1 spiro atoms. The Morgan fingerprint density at radius 1 is 0.652 bits per heavy atom. The maximum atomic E-state index is 12.2. The summed E-state index contributed by atoms with van der Waals surface area (Å²) in [5, 5.41) is 48.4. The predicted octanol–water partition coefficient (Wildman–Crippen LogP) is 10.9. The van der Waals surface area contributed by atoms with Crippen molar-refractivity contribution in [1.82, 2.24) is 0 Å². The first-order valence-electron chi connectivity index (χ1n) is 25.0. The van der Waals surface area contributed by atoms with Gasteiger partial charge in [0.1, 0.15) is 34.2 Å². The third-order valence-corrected chi connectivity index (χ3v) is 20.3. The summed E-state index contributed by atoms with van der Waals surface area (Å²) in [6.07, 6.45) is 25.9. The van der Waals surface area contributed by atoms with Gasteiger partial charge in [-0.15, -0.1) is 6.42 Å².